The van der Waals surface area contributed by atoms with E-state index in [0.717, 1.165) is 43.1 Å². The molecule has 7 heteroatoms. The molecule has 0 saturated heterocycles. The van der Waals surface area contributed by atoms with Gasteiger partial charge in [-0.1, -0.05) is 13.8 Å². The van der Waals surface area contributed by atoms with Crippen LogP contribution in [0, 0.1) is 12.8 Å². The molecular formula is C15H22N6O. The lowest BCUT2D eigenvalue weighted by atomic mass is 10.1. The van der Waals surface area contributed by atoms with Crippen molar-refractivity contribution in [1.82, 2.24) is 30.3 Å². The summed E-state index contributed by atoms with van der Waals surface area (Å²) in [5.41, 5.74) is 1.46. The monoisotopic (exact) mass is 302 g/mol. The molecule has 0 saturated carbocycles. The quantitative estimate of drug-likeness (QED) is 0.889. The van der Waals surface area contributed by atoms with Crippen LogP contribution in [0.4, 0.5) is 0 Å². The second-order valence-electron chi connectivity index (χ2n) is 6.36. The van der Waals surface area contributed by atoms with Gasteiger partial charge in [-0.2, -0.15) is 5.10 Å². The minimum atomic E-state index is -0.120. The highest BCUT2D eigenvalue weighted by Crippen LogP contribution is 2.15. The van der Waals surface area contributed by atoms with Crippen LogP contribution in [0.3, 0.4) is 0 Å². The van der Waals surface area contributed by atoms with E-state index in [1.165, 1.54) is 0 Å². The fourth-order valence-corrected chi connectivity index (χ4v) is 2.86. The third kappa shape index (κ3) is 3.03. The number of carbonyl (C=O) groups excluding carboxylic acids is 1. The van der Waals surface area contributed by atoms with E-state index in [4.69, 9.17) is 0 Å². The Morgan fingerprint density at radius 3 is 3.09 bits per heavy atom. The Labute approximate surface area is 129 Å². The smallest absolute Gasteiger partial charge is 0.272 e. The molecule has 3 rings (SSSR count). The molecule has 0 unspecified atom stereocenters. The van der Waals surface area contributed by atoms with Gasteiger partial charge in [-0.15, -0.1) is 10.2 Å². The van der Waals surface area contributed by atoms with E-state index < -0.39 is 0 Å². The van der Waals surface area contributed by atoms with E-state index in [1.54, 1.807) is 0 Å². The first-order valence-electron chi connectivity index (χ1n) is 7.76. The van der Waals surface area contributed by atoms with Crippen molar-refractivity contribution in [3.8, 4) is 0 Å². The van der Waals surface area contributed by atoms with E-state index in [0.29, 0.717) is 11.6 Å². The SMILES string of the molecule is Cc1nnc2n1C[C@@H](NC(=O)c1cc(CC(C)C)[nH]n1)CC2. The lowest BCUT2D eigenvalue weighted by molar-refractivity contribution is 0.0922. The van der Waals surface area contributed by atoms with Crippen LogP contribution in [-0.2, 0) is 19.4 Å². The van der Waals surface area contributed by atoms with Crippen LogP contribution in [0.2, 0.25) is 0 Å². The van der Waals surface area contributed by atoms with Gasteiger partial charge in [-0.25, -0.2) is 0 Å². The number of rotatable bonds is 4. The van der Waals surface area contributed by atoms with E-state index in [-0.39, 0.29) is 11.9 Å². The molecule has 1 aliphatic rings. The maximum atomic E-state index is 12.3. The molecule has 7 nitrogen and oxygen atoms in total. The van der Waals surface area contributed by atoms with Crippen molar-refractivity contribution in [1.29, 1.82) is 0 Å². The van der Waals surface area contributed by atoms with Crippen LogP contribution in [0.5, 0.6) is 0 Å². The Morgan fingerprint density at radius 2 is 2.32 bits per heavy atom. The first-order valence-corrected chi connectivity index (χ1v) is 7.76. The van der Waals surface area contributed by atoms with Gasteiger partial charge in [-0.3, -0.25) is 9.89 Å². The molecule has 2 N–H and O–H groups in total. The molecule has 22 heavy (non-hydrogen) atoms. The number of hydrogen-bond acceptors (Lipinski definition) is 4. The third-order valence-electron chi connectivity index (χ3n) is 3.96. The number of amides is 1. The summed E-state index contributed by atoms with van der Waals surface area (Å²) in [6.45, 7) is 6.94. The van der Waals surface area contributed by atoms with Crippen LogP contribution < -0.4 is 5.32 Å². The van der Waals surface area contributed by atoms with Gasteiger partial charge in [0.05, 0.1) is 0 Å². The Kier molecular flexibility index (Phi) is 3.96. The molecule has 0 fully saturated rings. The number of fused-ring (bicyclic) bond motifs is 1. The molecule has 0 aromatic carbocycles. The third-order valence-corrected chi connectivity index (χ3v) is 3.96. The maximum absolute atomic E-state index is 12.3. The average Bonchev–Trinajstić information content (AvgIpc) is 3.06. The van der Waals surface area contributed by atoms with Gasteiger partial charge in [0, 0.05) is 24.7 Å². The molecule has 0 aliphatic carbocycles. The van der Waals surface area contributed by atoms with E-state index >= 15 is 0 Å². The first kappa shape index (κ1) is 14.7. The Bertz CT molecular complexity index is 671. The molecule has 118 valence electrons. The van der Waals surface area contributed by atoms with Crippen LogP contribution in [-0.4, -0.2) is 36.9 Å². The second kappa shape index (κ2) is 5.90. The summed E-state index contributed by atoms with van der Waals surface area (Å²) in [6.07, 6.45) is 2.62. The fourth-order valence-electron chi connectivity index (χ4n) is 2.86. The molecule has 3 heterocycles. The van der Waals surface area contributed by atoms with Crippen molar-refractivity contribution in [2.24, 2.45) is 5.92 Å². The summed E-state index contributed by atoms with van der Waals surface area (Å²) in [5.74, 6) is 2.31. The highest BCUT2D eigenvalue weighted by Gasteiger charge is 2.23. The Balaban J connectivity index is 1.63. The summed E-state index contributed by atoms with van der Waals surface area (Å²) in [5, 5.41) is 18.3. The minimum Gasteiger partial charge on any atom is -0.346 e. The lowest BCUT2D eigenvalue weighted by Gasteiger charge is -2.24. The number of aryl methyl sites for hydroxylation is 2. The van der Waals surface area contributed by atoms with E-state index in [2.05, 4.69) is 44.1 Å². The zero-order valence-electron chi connectivity index (χ0n) is 13.3. The second-order valence-corrected chi connectivity index (χ2v) is 6.36. The van der Waals surface area contributed by atoms with Gasteiger partial charge in [-0.05, 0) is 31.7 Å². The average molecular weight is 302 g/mol. The number of hydrogen-bond donors (Lipinski definition) is 2. The van der Waals surface area contributed by atoms with Crippen molar-refractivity contribution >= 4 is 5.91 Å². The standard InChI is InChI=1S/C15H22N6O/c1-9(2)6-12-7-13(19-18-12)15(22)16-11-4-5-14-20-17-10(3)21(14)8-11/h7,9,11H,4-6,8H2,1-3H3,(H,16,22)(H,18,19)/t11-/m0/s1. The van der Waals surface area contributed by atoms with Gasteiger partial charge in [0.25, 0.3) is 5.91 Å². The Hall–Kier alpha value is -2.18. The summed E-state index contributed by atoms with van der Waals surface area (Å²) in [6, 6.07) is 1.94. The van der Waals surface area contributed by atoms with Crippen molar-refractivity contribution in [3.05, 3.63) is 29.1 Å². The zero-order chi connectivity index (χ0) is 15.7. The number of nitrogens with one attached hydrogen (secondary N) is 2. The fraction of sp³-hybridized carbons (Fsp3) is 0.600. The summed E-state index contributed by atoms with van der Waals surface area (Å²) in [4.78, 5) is 12.3. The largest absolute Gasteiger partial charge is 0.346 e. The van der Waals surface area contributed by atoms with Gasteiger partial charge in [0.1, 0.15) is 17.3 Å². The predicted molar refractivity (Wildman–Crippen MR) is 81.5 cm³/mol. The van der Waals surface area contributed by atoms with E-state index in [9.17, 15) is 4.79 Å². The number of H-pyrrole nitrogens is 1. The highest BCUT2D eigenvalue weighted by atomic mass is 16.2. The first-order chi connectivity index (χ1) is 10.5. The van der Waals surface area contributed by atoms with Crippen LogP contribution in [0.15, 0.2) is 6.07 Å². The number of carbonyl (C=O) groups is 1. The molecule has 2 aromatic rings. The van der Waals surface area contributed by atoms with Crippen molar-refractivity contribution in [2.75, 3.05) is 0 Å². The topological polar surface area (TPSA) is 88.5 Å². The Morgan fingerprint density at radius 1 is 1.50 bits per heavy atom. The molecule has 1 atom stereocenters. The van der Waals surface area contributed by atoms with Crippen molar-refractivity contribution in [3.63, 3.8) is 0 Å². The van der Waals surface area contributed by atoms with Gasteiger partial charge in [0.2, 0.25) is 0 Å². The molecular weight excluding hydrogens is 280 g/mol. The maximum Gasteiger partial charge on any atom is 0.272 e. The van der Waals surface area contributed by atoms with Gasteiger partial charge in [0.15, 0.2) is 0 Å². The number of nitrogens with zero attached hydrogens (tertiary/aromatic N) is 4. The van der Waals surface area contributed by atoms with Crippen molar-refractivity contribution < 1.29 is 4.79 Å². The number of aromatic amines is 1. The normalized spacial score (nSPS) is 17.5. The van der Waals surface area contributed by atoms with Gasteiger partial charge >= 0.3 is 0 Å². The molecule has 0 radical (unpaired) electrons. The van der Waals surface area contributed by atoms with Crippen LogP contribution in [0.1, 0.15) is 48.1 Å². The zero-order valence-corrected chi connectivity index (χ0v) is 13.3. The van der Waals surface area contributed by atoms with E-state index in [1.807, 2.05) is 13.0 Å². The molecule has 1 amide bonds. The lowest BCUT2D eigenvalue weighted by Crippen LogP contribution is -2.41. The minimum absolute atomic E-state index is 0.0972. The van der Waals surface area contributed by atoms with Crippen LogP contribution >= 0.6 is 0 Å². The molecule has 0 spiro atoms. The molecule has 0 bridgehead atoms. The van der Waals surface area contributed by atoms with Gasteiger partial charge < -0.3 is 9.88 Å². The predicted octanol–water partition coefficient (Wildman–Crippen LogP) is 1.25. The summed E-state index contributed by atoms with van der Waals surface area (Å²) < 4.78 is 2.07. The van der Waals surface area contributed by atoms with Crippen molar-refractivity contribution in [2.45, 2.75) is 52.6 Å². The molecule has 1 aliphatic heterocycles. The molecule has 2 aromatic heterocycles. The van der Waals surface area contributed by atoms with Crippen LogP contribution in [0.25, 0.3) is 0 Å². The highest BCUT2D eigenvalue weighted by molar-refractivity contribution is 5.92. The number of aromatic nitrogens is 5. The summed E-state index contributed by atoms with van der Waals surface area (Å²) in [7, 11) is 0. The summed E-state index contributed by atoms with van der Waals surface area (Å²) >= 11 is 0.